The molecule has 0 spiro atoms. The predicted octanol–water partition coefficient (Wildman–Crippen LogP) is 0.00100. The molecule has 1 fully saturated rings. The largest absolute Gasteiger partial charge is 0.298 e. The minimum Gasteiger partial charge on any atom is -0.298 e. The lowest BCUT2D eigenvalue weighted by molar-refractivity contribution is -0.118. The Balaban J connectivity index is 2.59. The van der Waals surface area contributed by atoms with E-state index in [4.69, 9.17) is 0 Å². The van der Waals surface area contributed by atoms with Gasteiger partial charge in [0.2, 0.25) is 10.0 Å². The SMILES string of the molecule is CCC(=O)CN1CCCS1(=O)=O. The van der Waals surface area contributed by atoms with Crippen LogP contribution >= 0.6 is 0 Å². The van der Waals surface area contributed by atoms with E-state index in [9.17, 15) is 13.2 Å². The Kier molecular flexibility index (Phi) is 2.85. The van der Waals surface area contributed by atoms with Crippen molar-refractivity contribution in [1.82, 2.24) is 4.31 Å². The van der Waals surface area contributed by atoms with Gasteiger partial charge in [-0.05, 0) is 6.42 Å². The summed E-state index contributed by atoms with van der Waals surface area (Å²) in [5.74, 6) is 0.185. The number of carbonyl (C=O) groups is 1. The Labute approximate surface area is 72.6 Å². The van der Waals surface area contributed by atoms with Crippen molar-refractivity contribution in [3.63, 3.8) is 0 Å². The zero-order valence-electron chi connectivity index (χ0n) is 7.12. The number of sulfonamides is 1. The number of ketones is 1. The molecule has 1 saturated heterocycles. The number of Topliss-reactive ketones (excluding diaryl/α,β-unsaturated/α-hetero) is 1. The molecule has 5 heteroatoms. The van der Waals surface area contributed by atoms with E-state index in [1.807, 2.05) is 0 Å². The van der Waals surface area contributed by atoms with Gasteiger partial charge in [0.25, 0.3) is 0 Å². The Bertz CT molecular complexity index is 270. The molecule has 0 N–H and O–H groups in total. The van der Waals surface area contributed by atoms with Gasteiger partial charge in [0, 0.05) is 13.0 Å². The second-order valence-corrected chi connectivity index (χ2v) is 4.98. The van der Waals surface area contributed by atoms with Crippen molar-refractivity contribution >= 4 is 15.8 Å². The van der Waals surface area contributed by atoms with Crippen LogP contribution in [-0.2, 0) is 14.8 Å². The van der Waals surface area contributed by atoms with Crippen molar-refractivity contribution in [3.8, 4) is 0 Å². The summed E-state index contributed by atoms with van der Waals surface area (Å²) in [5.41, 5.74) is 0. The normalized spacial score (nSPS) is 22.8. The molecule has 0 aromatic carbocycles. The topological polar surface area (TPSA) is 54.5 Å². The first kappa shape index (κ1) is 9.67. The van der Waals surface area contributed by atoms with E-state index < -0.39 is 10.0 Å². The van der Waals surface area contributed by atoms with E-state index in [1.54, 1.807) is 6.92 Å². The molecule has 1 heterocycles. The van der Waals surface area contributed by atoms with Crippen LogP contribution in [0.2, 0.25) is 0 Å². The molecule has 1 aliphatic rings. The van der Waals surface area contributed by atoms with Crippen LogP contribution in [0.4, 0.5) is 0 Å². The molecule has 0 atom stereocenters. The van der Waals surface area contributed by atoms with Crippen LogP contribution in [0.25, 0.3) is 0 Å². The molecule has 1 aliphatic heterocycles. The van der Waals surface area contributed by atoms with Crippen LogP contribution in [0.3, 0.4) is 0 Å². The third-order valence-corrected chi connectivity index (χ3v) is 3.85. The molecule has 0 radical (unpaired) electrons. The average molecular weight is 191 g/mol. The Morgan fingerprint density at radius 1 is 1.50 bits per heavy atom. The zero-order valence-corrected chi connectivity index (χ0v) is 7.93. The smallest absolute Gasteiger partial charge is 0.214 e. The molecule has 0 unspecified atom stereocenters. The molecule has 1 rings (SSSR count). The van der Waals surface area contributed by atoms with Crippen molar-refractivity contribution in [2.75, 3.05) is 18.8 Å². The maximum Gasteiger partial charge on any atom is 0.214 e. The van der Waals surface area contributed by atoms with Gasteiger partial charge >= 0.3 is 0 Å². The summed E-state index contributed by atoms with van der Waals surface area (Å²) in [6.07, 6.45) is 1.06. The fourth-order valence-electron chi connectivity index (χ4n) is 1.18. The first-order valence-corrected chi connectivity index (χ1v) is 5.66. The highest BCUT2D eigenvalue weighted by atomic mass is 32.2. The number of rotatable bonds is 3. The summed E-state index contributed by atoms with van der Waals surface area (Å²) in [5, 5.41) is 0. The second kappa shape index (κ2) is 3.53. The standard InChI is InChI=1S/C7H13NO3S/c1-2-7(9)6-8-4-3-5-12(8,10)11/h2-6H2,1H3. The first-order chi connectivity index (χ1) is 5.56. The van der Waals surface area contributed by atoms with Crippen LogP contribution in [0.5, 0.6) is 0 Å². The number of nitrogens with zero attached hydrogens (tertiary/aromatic N) is 1. The fourth-order valence-corrected chi connectivity index (χ4v) is 2.68. The van der Waals surface area contributed by atoms with Gasteiger partial charge in [-0.15, -0.1) is 0 Å². The quantitative estimate of drug-likeness (QED) is 0.631. The van der Waals surface area contributed by atoms with E-state index in [2.05, 4.69) is 0 Å². The van der Waals surface area contributed by atoms with Gasteiger partial charge < -0.3 is 0 Å². The van der Waals surface area contributed by atoms with Gasteiger partial charge in [-0.3, -0.25) is 4.79 Å². The molecule has 12 heavy (non-hydrogen) atoms. The van der Waals surface area contributed by atoms with Crippen molar-refractivity contribution in [2.24, 2.45) is 0 Å². The lowest BCUT2D eigenvalue weighted by atomic mass is 10.3. The van der Waals surface area contributed by atoms with Gasteiger partial charge in [-0.1, -0.05) is 6.92 Å². The zero-order chi connectivity index (χ0) is 9.19. The molecular formula is C7H13NO3S. The summed E-state index contributed by atoms with van der Waals surface area (Å²) in [6.45, 7) is 2.32. The molecule has 0 aromatic rings. The Morgan fingerprint density at radius 3 is 2.58 bits per heavy atom. The van der Waals surface area contributed by atoms with Crippen LogP contribution in [-0.4, -0.2) is 37.3 Å². The monoisotopic (exact) mass is 191 g/mol. The van der Waals surface area contributed by atoms with Crippen molar-refractivity contribution in [1.29, 1.82) is 0 Å². The van der Waals surface area contributed by atoms with E-state index in [0.29, 0.717) is 19.4 Å². The third-order valence-electron chi connectivity index (χ3n) is 1.95. The van der Waals surface area contributed by atoms with E-state index in [0.717, 1.165) is 0 Å². The average Bonchev–Trinajstić information content (AvgIpc) is 2.31. The lowest BCUT2D eigenvalue weighted by Gasteiger charge is -2.11. The maximum atomic E-state index is 11.2. The highest BCUT2D eigenvalue weighted by molar-refractivity contribution is 7.89. The predicted molar refractivity (Wildman–Crippen MR) is 45.3 cm³/mol. The molecule has 0 aromatic heterocycles. The minimum atomic E-state index is -3.08. The summed E-state index contributed by atoms with van der Waals surface area (Å²) in [4.78, 5) is 10.9. The highest BCUT2D eigenvalue weighted by Crippen LogP contribution is 2.12. The van der Waals surface area contributed by atoms with Crippen molar-refractivity contribution < 1.29 is 13.2 Å². The van der Waals surface area contributed by atoms with E-state index in [-0.39, 0.29) is 18.1 Å². The van der Waals surface area contributed by atoms with Crippen LogP contribution in [0.1, 0.15) is 19.8 Å². The van der Waals surface area contributed by atoms with Gasteiger partial charge in [-0.2, -0.15) is 4.31 Å². The second-order valence-electron chi connectivity index (χ2n) is 2.90. The number of carbonyl (C=O) groups excluding carboxylic acids is 1. The van der Waals surface area contributed by atoms with Crippen molar-refractivity contribution in [2.45, 2.75) is 19.8 Å². The fraction of sp³-hybridized carbons (Fsp3) is 0.857. The maximum absolute atomic E-state index is 11.2. The number of hydrogen-bond donors (Lipinski definition) is 0. The third kappa shape index (κ3) is 2.04. The van der Waals surface area contributed by atoms with Crippen molar-refractivity contribution in [3.05, 3.63) is 0 Å². The molecule has 0 saturated carbocycles. The molecule has 0 aliphatic carbocycles. The summed E-state index contributed by atoms with van der Waals surface area (Å²) < 4.78 is 23.7. The summed E-state index contributed by atoms with van der Waals surface area (Å²) >= 11 is 0. The van der Waals surface area contributed by atoms with E-state index >= 15 is 0 Å². The van der Waals surface area contributed by atoms with Gasteiger partial charge in [0.15, 0.2) is 0 Å². The lowest BCUT2D eigenvalue weighted by Crippen LogP contribution is -2.31. The molecule has 70 valence electrons. The van der Waals surface area contributed by atoms with Gasteiger partial charge in [-0.25, -0.2) is 8.42 Å². The molecule has 0 bridgehead atoms. The molecule has 4 nitrogen and oxygen atoms in total. The van der Waals surface area contributed by atoms with Crippen LogP contribution < -0.4 is 0 Å². The van der Waals surface area contributed by atoms with Crippen LogP contribution in [0, 0.1) is 0 Å². The summed E-state index contributed by atoms with van der Waals surface area (Å²) in [6, 6.07) is 0. The highest BCUT2D eigenvalue weighted by Gasteiger charge is 2.28. The first-order valence-electron chi connectivity index (χ1n) is 4.06. The van der Waals surface area contributed by atoms with E-state index in [1.165, 1.54) is 4.31 Å². The van der Waals surface area contributed by atoms with Crippen LogP contribution in [0.15, 0.2) is 0 Å². The minimum absolute atomic E-state index is 0.0134. The molecular weight excluding hydrogens is 178 g/mol. The Morgan fingerprint density at radius 2 is 2.17 bits per heavy atom. The van der Waals surface area contributed by atoms with Gasteiger partial charge in [0.1, 0.15) is 5.78 Å². The molecule has 0 amide bonds. The number of hydrogen-bond acceptors (Lipinski definition) is 3. The Hall–Kier alpha value is -0.420. The summed E-state index contributed by atoms with van der Waals surface area (Å²) in [7, 11) is -3.08. The van der Waals surface area contributed by atoms with Gasteiger partial charge in [0.05, 0.1) is 12.3 Å².